The summed E-state index contributed by atoms with van der Waals surface area (Å²) in [6.07, 6.45) is 8.49. The maximum atomic E-state index is 5.85. The number of ether oxygens (including phenoxy) is 2. The van der Waals surface area contributed by atoms with E-state index >= 15 is 0 Å². The van der Waals surface area contributed by atoms with Crippen molar-refractivity contribution in [3.8, 4) is 0 Å². The molecule has 2 aliphatic rings. The van der Waals surface area contributed by atoms with Gasteiger partial charge in [-0.1, -0.05) is 0 Å². The molecule has 2 aliphatic heterocycles. The molecular formula is C19H31N3O2. The number of nitrogens with one attached hydrogen (secondary N) is 1. The van der Waals surface area contributed by atoms with Gasteiger partial charge in [0.05, 0.1) is 25.4 Å². The summed E-state index contributed by atoms with van der Waals surface area (Å²) in [5, 5.41) is 3.70. The standard InChI is InChI=1S/C19H31N3O2/c1-17-5-8-20-14-18(17)4-2-7-21-15-19(6-3-11-24-16-19)22-9-12-23-13-10-22/h5,8,14,21H,2-4,6-7,9-13,15-16H2,1H3. The van der Waals surface area contributed by atoms with E-state index in [-0.39, 0.29) is 5.54 Å². The number of rotatable bonds is 7. The van der Waals surface area contributed by atoms with Crippen molar-refractivity contribution in [3.63, 3.8) is 0 Å². The van der Waals surface area contributed by atoms with Gasteiger partial charge in [-0.15, -0.1) is 0 Å². The van der Waals surface area contributed by atoms with Gasteiger partial charge < -0.3 is 14.8 Å². The van der Waals surface area contributed by atoms with Crippen LogP contribution in [0.2, 0.25) is 0 Å². The van der Waals surface area contributed by atoms with Crippen LogP contribution in [0.3, 0.4) is 0 Å². The van der Waals surface area contributed by atoms with E-state index in [1.165, 1.54) is 17.5 Å². The summed E-state index contributed by atoms with van der Waals surface area (Å²) in [7, 11) is 0. The van der Waals surface area contributed by atoms with Gasteiger partial charge in [-0.2, -0.15) is 0 Å². The second-order valence-corrected chi connectivity index (χ2v) is 7.06. The molecule has 5 heteroatoms. The first-order chi connectivity index (χ1) is 11.8. The maximum absolute atomic E-state index is 5.85. The highest BCUT2D eigenvalue weighted by Gasteiger charge is 2.39. The zero-order valence-corrected chi connectivity index (χ0v) is 14.9. The number of nitrogens with zero attached hydrogens (tertiary/aromatic N) is 2. The average molecular weight is 333 g/mol. The molecule has 134 valence electrons. The monoisotopic (exact) mass is 333 g/mol. The molecule has 5 nitrogen and oxygen atoms in total. The predicted octanol–water partition coefficient (Wildman–Crippen LogP) is 1.79. The zero-order chi connectivity index (χ0) is 16.7. The molecule has 1 aromatic rings. The van der Waals surface area contributed by atoms with Crippen molar-refractivity contribution < 1.29 is 9.47 Å². The summed E-state index contributed by atoms with van der Waals surface area (Å²) in [5.41, 5.74) is 2.87. The van der Waals surface area contributed by atoms with Crippen LogP contribution < -0.4 is 5.32 Å². The summed E-state index contributed by atoms with van der Waals surface area (Å²) < 4.78 is 11.4. The Kier molecular flexibility index (Phi) is 6.60. The molecule has 3 rings (SSSR count). The maximum Gasteiger partial charge on any atom is 0.0662 e. The van der Waals surface area contributed by atoms with E-state index in [0.717, 1.165) is 71.9 Å². The Hall–Kier alpha value is -1.01. The van der Waals surface area contributed by atoms with Crippen LogP contribution in [0.4, 0.5) is 0 Å². The van der Waals surface area contributed by atoms with Crippen LogP contribution in [0.1, 0.15) is 30.4 Å². The molecule has 1 atom stereocenters. The summed E-state index contributed by atoms with van der Waals surface area (Å²) in [4.78, 5) is 6.83. The Morgan fingerprint density at radius 3 is 2.88 bits per heavy atom. The smallest absolute Gasteiger partial charge is 0.0662 e. The molecule has 0 radical (unpaired) electrons. The Morgan fingerprint density at radius 1 is 1.25 bits per heavy atom. The van der Waals surface area contributed by atoms with Gasteiger partial charge in [0.25, 0.3) is 0 Å². The van der Waals surface area contributed by atoms with E-state index in [1.807, 2.05) is 12.4 Å². The van der Waals surface area contributed by atoms with Crippen molar-refractivity contribution >= 4 is 0 Å². The first-order valence-electron chi connectivity index (χ1n) is 9.31. The fourth-order valence-corrected chi connectivity index (χ4v) is 3.86. The Bertz CT molecular complexity index is 497. The average Bonchev–Trinajstić information content (AvgIpc) is 2.64. The van der Waals surface area contributed by atoms with Crippen molar-refractivity contribution in [2.75, 3.05) is 52.6 Å². The van der Waals surface area contributed by atoms with Crippen LogP contribution in [0.5, 0.6) is 0 Å². The normalized spacial score (nSPS) is 25.7. The SMILES string of the molecule is Cc1ccncc1CCCNCC1(N2CCOCC2)CCCOC1. The van der Waals surface area contributed by atoms with Crippen molar-refractivity contribution in [2.45, 2.75) is 38.1 Å². The van der Waals surface area contributed by atoms with Crippen LogP contribution in [0.15, 0.2) is 18.5 Å². The topological polar surface area (TPSA) is 46.6 Å². The second kappa shape index (κ2) is 8.90. The number of aryl methyl sites for hydroxylation is 2. The Morgan fingerprint density at radius 2 is 2.12 bits per heavy atom. The molecule has 1 N–H and O–H groups in total. The third-order valence-electron chi connectivity index (χ3n) is 5.38. The molecule has 0 aromatic carbocycles. The minimum absolute atomic E-state index is 0.159. The number of hydrogen-bond donors (Lipinski definition) is 1. The molecule has 2 fully saturated rings. The molecule has 0 spiro atoms. The Balaban J connectivity index is 1.46. The van der Waals surface area contributed by atoms with E-state index in [2.05, 4.69) is 28.2 Å². The molecule has 0 aliphatic carbocycles. The van der Waals surface area contributed by atoms with Gasteiger partial charge >= 0.3 is 0 Å². The van der Waals surface area contributed by atoms with Crippen LogP contribution >= 0.6 is 0 Å². The number of hydrogen-bond acceptors (Lipinski definition) is 5. The highest BCUT2D eigenvalue weighted by atomic mass is 16.5. The van der Waals surface area contributed by atoms with E-state index in [4.69, 9.17) is 9.47 Å². The Labute approximate surface area is 145 Å². The summed E-state index contributed by atoms with van der Waals surface area (Å²) >= 11 is 0. The first-order valence-corrected chi connectivity index (χ1v) is 9.31. The third-order valence-corrected chi connectivity index (χ3v) is 5.38. The van der Waals surface area contributed by atoms with Crippen molar-refractivity contribution in [1.82, 2.24) is 15.2 Å². The molecule has 0 saturated carbocycles. The zero-order valence-electron chi connectivity index (χ0n) is 14.9. The van der Waals surface area contributed by atoms with Crippen molar-refractivity contribution in [2.24, 2.45) is 0 Å². The largest absolute Gasteiger partial charge is 0.379 e. The van der Waals surface area contributed by atoms with Crippen LogP contribution in [0.25, 0.3) is 0 Å². The molecule has 3 heterocycles. The van der Waals surface area contributed by atoms with Crippen LogP contribution in [-0.4, -0.2) is 68.0 Å². The fraction of sp³-hybridized carbons (Fsp3) is 0.737. The second-order valence-electron chi connectivity index (χ2n) is 7.06. The lowest BCUT2D eigenvalue weighted by atomic mass is 9.89. The van der Waals surface area contributed by atoms with E-state index in [1.54, 1.807) is 0 Å². The quantitative estimate of drug-likeness (QED) is 0.771. The van der Waals surface area contributed by atoms with Gasteiger partial charge in [-0.05, 0) is 56.3 Å². The van der Waals surface area contributed by atoms with E-state index in [9.17, 15) is 0 Å². The number of morpholine rings is 1. The minimum atomic E-state index is 0.159. The predicted molar refractivity (Wildman–Crippen MR) is 95.3 cm³/mol. The molecule has 1 aromatic heterocycles. The summed E-state index contributed by atoms with van der Waals surface area (Å²) in [6.45, 7) is 9.73. The van der Waals surface area contributed by atoms with Gasteiger partial charge in [0.2, 0.25) is 0 Å². The highest BCUT2D eigenvalue weighted by molar-refractivity contribution is 5.21. The highest BCUT2D eigenvalue weighted by Crippen LogP contribution is 2.26. The molecule has 2 saturated heterocycles. The lowest BCUT2D eigenvalue weighted by Gasteiger charge is -2.47. The molecule has 0 amide bonds. The van der Waals surface area contributed by atoms with Crippen LogP contribution in [-0.2, 0) is 15.9 Å². The molecule has 24 heavy (non-hydrogen) atoms. The number of pyridine rings is 1. The van der Waals surface area contributed by atoms with Gasteiger partial charge in [0.1, 0.15) is 0 Å². The lowest BCUT2D eigenvalue weighted by Crippen LogP contribution is -2.62. The summed E-state index contributed by atoms with van der Waals surface area (Å²) in [5.74, 6) is 0. The van der Waals surface area contributed by atoms with Crippen molar-refractivity contribution in [1.29, 1.82) is 0 Å². The van der Waals surface area contributed by atoms with Crippen molar-refractivity contribution in [3.05, 3.63) is 29.6 Å². The van der Waals surface area contributed by atoms with Crippen LogP contribution in [0, 0.1) is 6.92 Å². The van der Waals surface area contributed by atoms with Gasteiger partial charge in [-0.3, -0.25) is 9.88 Å². The summed E-state index contributed by atoms with van der Waals surface area (Å²) in [6, 6.07) is 2.09. The van der Waals surface area contributed by atoms with E-state index < -0.39 is 0 Å². The molecule has 1 unspecified atom stereocenters. The van der Waals surface area contributed by atoms with Gasteiger partial charge in [0.15, 0.2) is 0 Å². The fourth-order valence-electron chi connectivity index (χ4n) is 3.86. The van der Waals surface area contributed by atoms with Gasteiger partial charge in [0, 0.05) is 38.6 Å². The van der Waals surface area contributed by atoms with Gasteiger partial charge in [-0.25, -0.2) is 0 Å². The van der Waals surface area contributed by atoms with E-state index in [0.29, 0.717) is 0 Å². The number of aromatic nitrogens is 1. The minimum Gasteiger partial charge on any atom is -0.379 e. The molecular weight excluding hydrogens is 302 g/mol. The molecule has 0 bridgehead atoms. The first kappa shape index (κ1) is 17.8. The third kappa shape index (κ3) is 4.54. The lowest BCUT2D eigenvalue weighted by molar-refractivity contribution is -0.0849.